The molecule has 1 aromatic heterocycles. The number of carbonyl (C=O) groups is 1. The summed E-state index contributed by atoms with van der Waals surface area (Å²) in [6.07, 6.45) is -0.0958. The van der Waals surface area contributed by atoms with E-state index >= 15 is 0 Å². The fourth-order valence-corrected chi connectivity index (χ4v) is 3.11. The molecule has 0 spiro atoms. The minimum Gasteiger partial charge on any atom is -0.479 e. The molecule has 3 aromatic rings. The third-order valence-corrected chi connectivity index (χ3v) is 4.68. The molecule has 3 rings (SSSR count). The highest BCUT2D eigenvalue weighted by molar-refractivity contribution is 7.13. The molecule has 0 unspecified atom stereocenters. The lowest BCUT2D eigenvalue weighted by atomic mass is 10.2. The Morgan fingerprint density at radius 3 is 2.59 bits per heavy atom. The van der Waals surface area contributed by atoms with Crippen molar-refractivity contribution in [2.24, 2.45) is 0 Å². The van der Waals surface area contributed by atoms with Crippen LogP contribution in [-0.2, 0) is 16.1 Å². The Labute approximate surface area is 163 Å². The van der Waals surface area contributed by atoms with Gasteiger partial charge in [0, 0.05) is 11.1 Å². The normalized spacial score (nSPS) is 11.6. The van der Waals surface area contributed by atoms with Gasteiger partial charge in [0.1, 0.15) is 12.4 Å². The van der Waals surface area contributed by atoms with E-state index in [1.54, 1.807) is 0 Å². The molecule has 0 fully saturated rings. The van der Waals surface area contributed by atoms with Crippen LogP contribution in [0.3, 0.4) is 0 Å². The van der Waals surface area contributed by atoms with Crippen molar-refractivity contribution >= 4 is 28.1 Å². The third-order valence-electron chi connectivity index (χ3n) is 3.87. The van der Waals surface area contributed by atoms with Gasteiger partial charge in [-0.25, -0.2) is 9.78 Å². The average molecular weight is 382 g/mol. The summed E-state index contributed by atoms with van der Waals surface area (Å²) >= 11 is 1.47. The van der Waals surface area contributed by atoms with Gasteiger partial charge in [-0.2, -0.15) is 0 Å². The standard InChI is InChI=1S/C21H22N2O3S/c1-3-19(26-18-7-5-4-6-8-18)20(24)25-13-17-14-27-21(23-17)22-16-11-9-15(2)10-12-16/h4-12,14,19H,3,13H2,1-2H3,(H,22,23)/t19-/m1/s1. The molecule has 0 amide bonds. The van der Waals surface area contributed by atoms with Crippen molar-refractivity contribution in [2.75, 3.05) is 5.32 Å². The van der Waals surface area contributed by atoms with Crippen LogP contribution in [0.5, 0.6) is 5.75 Å². The molecular formula is C21H22N2O3S. The van der Waals surface area contributed by atoms with Crippen LogP contribution in [0.25, 0.3) is 0 Å². The lowest BCUT2D eigenvalue weighted by Crippen LogP contribution is -2.28. The van der Waals surface area contributed by atoms with Gasteiger partial charge in [0.25, 0.3) is 0 Å². The van der Waals surface area contributed by atoms with Crippen LogP contribution in [0, 0.1) is 6.92 Å². The number of nitrogens with one attached hydrogen (secondary N) is 1. The molecule has 0 aliphatic heterocycles. The highest BCUT2D eigenvalue weighted by Gasteiger charge is 2.20. The summed E-state index contributed by atoms with van der Waals surface area (Å²) in [7, 11) is 0. The molecule has 0 bridgehead atoms. The van der Waals surface area contributed by atoms with E-state index in [9.17, 15) is 4.79 Å². The first kappa shape index (κ1) is 18.9. The topological polar surface area (TPSA) is 60.5 Å². The Hall–Kier alpha value is -2.86. The number of hydrogen-bond acceptors (Lipinski definition) is 6. The van der Waals surface area contributed by atoms with Gasteiger partial charge in [-0.05, 0) is 37.6 Å². The number of anilines is 2. The van der Waals surface area contributed by atoms with Gasteiger partial charge in [-0.15, -0.1) is 11.3 Å². The van der Waals surface area contributed by atoms with Gasteiger partial charge in [-0.3, -0.25) is 0 Å². The van der Waals surface area contributed by atoms with Gasteiger partial charge in [0.05, 0.1) is 5.69 Å². The molecule has 0 radical (unpaired) electrons. The number of aryl methyl sites for hydroxylation is 1. The molecular weight excluding hydrogens is 360 g/mol. The fourth-order valence-electron chi connectivity index (χ4n) is 2.39. The number of hydrogen-bond donors (Lipinski definition) is 1. The summed E-state index contributed by atoms with van der Waals surface area (Å²) in [4.78, 5) is 16.8. The lowest BCUT2D eigenvalue weighted by Gasteiger charge is -2.16. The molecule has 0 aliphatic carbocycles. The molecule has 1 N–H and O–H groups in total. The minimum atomic E-state index is -0.629. The van der Waals surface area contributed by atoms with Crippen LogP contribution in [0.1, 0.15) is 24.6 Å². The van der Waals surface area contributed by atoms with Crippen molar-refractivity contribution in [1.29, 1.82) is 0 Å². The second kappa shape index (κ2) is 9.19. The average Bonchev–Trinajstić information content (AvgIpc) is 3.14. The largest absolute Gasteiger partial charge is 0.479 e. The minimum absolute atomic E-state index is 0.125. The molecule has 6 heteroatoms. The smallest absolute Gasteiger partial charge is 0.347 e. The van der Waals surface area contributed by atoms with Crippen molar-refractivity contribution in [3.63, 3.8) is 0 Å². The second-order valence-electron chi connectivity index (χ2n) is 6.07. The number of aromatic nitrogens is 1. The van der Waals surface area contributed by atoms with Crippen LogP contribution < -0.4 is 10.1 Å². The number of esters is 1. The van der Waals surface area contributed by atoms with Crippen molar-refractivity contribution in [2.45, 2.75) is 33.0 Å². The van der Waals surface area contributed by atoms with Gasteiger partial charge in [-0.1, -0.05) is 42.8 Å². The quantitative estimate of drug-likeness (QED) is 0.550. The van der Waals surface area contributed by atoms with Gasteiger partial charge in [0.15, 0.2) is 11.2 Å². The third kappa shape index (κ3) is 5.56. The van der Waals surface area contributed by atoms with Gasteiger partial charge in [0.2, 0.25) is 0 Å². The Balaban J connectivity index is 1.52. The molecule has 5 nitrogen and oxygen atoms in total. The van der Waals surface area contributed by atoms with E-state index in [-0.39, 0.29) is 12.6 Å². The number of benzene rings is 2. The first-order chi connectivity index (χ1) is 13.1. The van der Waals surface area contributed by atoms with E-state index in [2.05, 4.69) is 10.3 Å². The predicted molar refractivity (Wildman–Crippen MR) is 108 cm³/mol. The van der Waals surface area contributed by atoms with E-state index < -0.39 is 6.10 Å². The van der Waals surface area contributed by atoms with Crippen molar-refractivity contribution in [1.82, 2.24) is 4.98 Å². The van der Waals surface area contributed by atoms with Crippen LogP contribution in [0.15, 0.2) is 60.0 Å². The van der Waals surface area contributed by atoms with Gasteiger partial charge >= 0.3 is 5.97 Å². The maximum absolute atomic E-state index is 12.3. The van der Waals surface area contributed by atoms with Crippen LogP contribution in [0.2, 0.25) is 0 Å². The summed E-state index contributed by atoms with van der Waals surface area (Å²) in [5, 5.41) is 5.89. The number of ether oxygens (including phenoxy) is 2. The highest BCUT2D eigenvalue weighted by atomic mass is 32.1. The maximum Gasteiger partial charge on any atom is 0.347 e. The zero-order valence-corrected chi connectivity index (χ0v) is 16.2. The molecule has 0 saturated carbocycles. The summed E-state index contributed by atoms with van der Waals surface area (Å²) in [6, 6.07) is 17.4. The van der Waals surface area contributed by atoms with Crippen LogP contribution >= 0.6 is 11.3 Å². The van der Waals surface area contributed by atoms with Crippen LogP contribution in [-0.4, -0.2) is 17.1 Å². The summed E-state index contributed by atoms with van der Waals surface area (Å²) in [5.41, 5.74) is 2.88. The SMILES string of the molecule is CC[C@@H](Oc1ccccc1)C(=O)OCc1csc(Nc2ccc(C)cc2)n1. The molecule has 1 atom stereocenters. The van der Waals surface area contributed by atoms with Gasteiger partial charge < -0.3 is 14.8 Å². The highest BCUT2D eigenvalue weighted by Crippen LogP contribution is 2.22. The second-order valence-corrected chi connectivity index (χ2v) is 6.93. The monoisotopic (exact) mass is 382 g/mol. The molecule has 1 heterocycles. The zero-order chi connectivity index (χ0) is 19.1. The van der Waals surface area contributed by atoms with E-state index in [4.69, 9.17) is 9.47 Å². The van der Waals surface area contributed by atoms with E-state index in [0.29, 0.717) is 17.9 Å². The zero-order valence-electron chi connectivity index (χ0n) is 15.3. The van der Waals surface area contributed by atoms with Crippen molar-refractivity contribution in [3.05, 3.63) is 71.2 Å². The van der Waals surface area contributed by atoms with Crippen molar-refractivity contribution < 1.29 is 14.3 Å². The number of para-hydroxylation sites is 1. The number of rotatable bonds is 8. The van der Waals surface area contributed by atoms with E-state index in [1.807, 2.05) is 73.8 Å². The Morgan fingerprint density at radius 1 is 1.15 bits per heavy atom. The number of thiazole rings is 1. The Morgan fingerprint density at radius 2 is 1.89 bits per heavy atom. The summed E-state index contributed by atoms with van der Waals surface area (Å²) in [6.45, 7) is 4.06. The first-order valence-corrected chi connectivity index (χ1v) is 9.68. The summed E-state index contributed by atoms with van der Waals surface area (Å²) < 4.78 is 11.1. The Kier molecular flexibility index (Phi) is 6.44. The molecule has 0 saturated heterocycles. The maximum atomic E-state index is 12.3. The molecule has 27 heavy (non-hydrogen) atoms. The number of carbonyl (C=O) groups excluding carboxylic acids is 1. The summed E-state index contributed by atoms with van der Waals surface area (Å²) in [5.74, 6) is 0.266. The predicted octanol–water partition coefficient (Wildman–Crippen LogP) is 5.10. The lowest BCUT2D eigenvalue weighted by molar-refractivity contribution is -0.153. The molecule has 0 aliphatic rings. The Bertz CT molecular complexity index is 863. The van der Waals surface area contributed by atoms with Crippen molar-refractivity contribution in [3.8, 4) is 5.75 Å². The fraction of sp³-hybridized carbons (Fsp3) is 0.238. The van der Waals surface area contributed by atoms with E-state index in [0.717, 1.165) is 10.8 Å². The number of nitrogens with zero attached hydrogens (tertiary/aromatic N) is 1. The first-order valence-electron chi connectivity index (χ1n) is 8.80. The molecule has 2 aromatic carbocycles. The van der Waals surface area contributed by atoms with E-state index in [1.165, 1.54) is 16.9 Å². The van der Waals surface area contributed by atoms with Crippen LogP contribution in [0.4, 0.5) is 10.8 Å². The molecule has 140 valence electrons.